The van der Waals surface area contributed by atoms with Crippen LogP contribution >= 0.6 is 0 Å². The first kappa shape index (κ1) is 30.9. The Balaban J connectivity index is 0.00000247. The van der Waals surface area contributed by atoms with Gasteiger partial charge in [0.15, 0.2) is 5.75 Å². The number of hydrogen-bond acceptors (Lipinski definition) is 7. The summed E-state index contributed by atoms with van der Waals surface area (Å²) in [5.74, 6) is -2.01. The molecular weight excluding hydrogens is 504 g/mol. The Morgan fingerprint density at radius 2 is 1.71 bits per heavy atom. The van der Waals surface area contributed by atoms with Gasteiger partial charge in [-0.2, -0.15) is 0 Å². The summed E-state index contributed by atoms with van der Waals surface area (Å²) in [7, 11) is 0. The molecule has 2 amide bonds. The molecule has 2 aromatic rings. The number of carbonyl (C=O) groups excluding carboxylic acids is 1. The summed E-state index contributed by atoms with van der Waals surface area (Å²) in [6.07, 6.45) is -4.30. The maximum atomic E-state index is 13.6. The molecule has 10 nitrogen and oxygen atoms in total. The lowest BCUT2D eigenvalue weighted by Crippen LogP contribution is -2.46. The fourth-order valence-corrected chi connectivity index (χ4v) is 4.32. The Morgan fingerprint density at radius 1 is 1.11 bits per heavy atom. The molecular formula is C26H35F2N3O7. The van der Waals surface area contributed by atoms with E-state index in [0.717, 1.165) is 11.8 Å². The summed E-state index contributed by atoms with van der Waals surface area (Å²) in [6.45, 7) is 7.91. The number of ether oxygens (including phenoxy) is 1. The van der Waals surface area contributed by atoms with E-state index in [1.807, 2.05) is 39.8 Å². The number of aliphatic carboxylic acids is 1. The lowest BCUT2D eigenvalue weighted by molar-refractivity contribution is -0.419. The second kappa shape index (κ2) is 13.4. The van der Waals surface area contributed by atoms with Crippen LogP contribution < -0.4 is 15.0 Å². The van der Waals surface area contributed by atoms with Crippen LogP contribution in [0.25, 0.3) is 0 Å². The van der Waals surface area contributed by atoms with Crippen LogP contribution in [0.5, 0.6) is 5.75 Å². The zero-order valence-corrected chi connectivity index (χ0v) is 21.8. The van der Waals surface area contributed by atoms with E-state index in [1.165, 1.54) is 4.90 Å². The number of nitrogens with one attached hydrogen (secondary N) is 1. The fourth-order valence-electron chi connectivity index (χ4n) is 4.32. The predicted octanol–water partition coefficient (Wildman–Crippen LogP) is 4.82. The number of pyridine rings is 1. The van der Waals surface area contributed by atoms with Crippen LogP contribution in [0.3, 0.4) is 0 Å². The van der Waals surface area contributed by atoms with Gasteiger partial charge < -0.3 is 30.5 Å². The molecule has 210 valence electrons. The van der Waals surface area contributed by atoms with E-state index < -0.39 is 41.9 Å². The smallest absolute Gasteiger partial charge is 0.453 e. The molecule has 0 bridgehead atoms. The maximum absolute atomic E-state index is 13.6. The van der Waals surface area contributed by atoms with Crippen molar-refractivity contribution in [1.29, 1.82) is 0 Å². The third kappa shape index (κ3) is 8.07. The number of aromatic nitrogens is 1. The zero-order chi connectivity index (χ0) is 28.6. The molecule has 38 heavy (non-hydrogen) atoms. The van der Waals surface area contributed by atoms with E-state index in [-0.39, 0.29) is 17.6 Å². The molecule has 0 atom stereocenters. The van der Waals surface area contributed by atoms with Gasteiger partial charge in [0, 0.05) is 17.8 Å². The van der Waals surface area contributed by atoms with Crippen LogP contribution in [-0.2, 0) is 4.79 Å². The number of amides is 2. The molecule has 0 aliphatic heterocycles. The van der Waals surface area contributed by atoms with Crippen molar-refractivity contribution in [3.8, 4) is 5.75 Å². The summed E-state index contributed by atoms with van der Waals surface area (Å²) in [4.78, 5) is 30.1. The first-order valence-corrected chi connectivity index (χ1v) is 12.4. The molecule has 12 heteroatoms. The Kier molecular flexibility index (Phi) is 10.9. The van der Waals surface area contributed by atoms with E-state index >= 15 is 0 Å². The predicted molar refractivity (Wildman–Crippen MR) is 136 cm³/mol. The number of para-hydroxylation sites is 1. The van der Waals surface area contributed by atoms with Crippen LogP contribution in [0.1, 0.15) is 77.0 Å². The highest BCUT2D eigenvalue weighted by Crippen LogP contribution is 2.36. The zero-order valence-electron chi connectivity index (χ0n) is 21.8. The quantitative estimate of drug-likeness (QED) is 0.300. The molecule has 1 heterocycles. The number of nitrogens with zero attached hydrogens (tertiary/aromatic N) is 2. The van der Waals surface area contributed by atoms with Gasteiger partial charge in [0.05, 0.1) is 12.1 Å². The molecule has 0 radical (unpaired) electrons. The van der Waals surface area contributed by atoms with Crippen molar-refractivity contribution in [2.45, 2.75) is 77.9 Å². The second-order valence-electron chi connectivity index (χ2n) is 8.94. The van der Waals surface area contributed by atoms with Gasteiger partial charge in [-0.3, -0.25) is 14.7 Å². The van der Waals surface area contributed by atoms with Crippen molar-refractivity contribution in [1.82, 2.24) is 4.98 Å². The second-order valence-corrected chi connectivity index (χ2v) is 8.94. The minimum Gasteiger partial charge on any atom is -0.481 e. The lowest BCUT2D eigenvalue weighted by Gasteiger charge is -2.37. The Morgan fingerprint density at radius 3 is 2.24 bits per heavy atom. The summed E-state index contributed by atoms with van der Waals surface area (Å²) >= 11 is 0. The van der Waals surface area contributed by atoms with Crippen LogP contribution in [0.2, 0.25) is 0 Å². The number of hydrogen-bond donors (Lipinski definition) is 5. The Labute approximate surface area is 219 Å². The molecule has 1 aliphatic rings. The minimum atomic E-state index is -3.70. The summed E-state index contributed by atoms with van der Waals surface area (Å²) in [6, 6.07) is 6.82. The van der Waals surface area contributed by atoms with Crippen molar-refractivity contribution < 1.29 is 43.5 Å². The van der Waals surface area contributed by atoms with Crippen LogP contribution in [0.15, 0.2) is 36.5 Å². The molecule has 1 fully saturated rings. The Bertz CT molecular complexity index is 1080. The molecule has 0 unspecified atom stereocenters. The molecule has 1 aromatic heterocycles. The van der Waals surface area contributed by atoms with Crippen molar-refractivity contribution in [2.75, 3.05) is 10.2 Å². The molecule has 1 aromatic carbocycles. The van der Waals surface area contributed by atoms with E-state index in [0.29, 0.717) is 37.4 Å². The lowest BCUT2D eigenvalue weighted by atomic mass is 9.85. The van der Waals surface area contributed by atoms with Gasteiger partial charge in [-0.15, -0.1) is 0 Å². The van der Waals surface area contributed by atoms with Crippen molar-refractivity contribution >= 4 is 23.4 Å². The first-order chi connectivity index (χ1) is 17.9. The van der Waals surface area contributed by atoms with E-state index in [9.17, 15) is 38.8 Å². The van der Waals surface area contributed by atoms with Crippen molar-refractivity contribution in [3.63, 3.8) is 0 Å². The number of alkyl halides is 2. The number of anilines is 2. The van der Waals surface area contributed by atoms with E-state index in [4.69, 9.17) is 0 Å². The maximum Gasteiger partial charge on any atom is 0.453 e. The monoisotopic (exact) mass is 539 g/mol. The van der Waals surface area contributed by atoms with Gasteiger partial charge in [0.2, 0.25) is 0 Å². The Hall–Kier alpha value is -3.35. The number of carbonyl (C=O) groups is 2. The van der Waals surface area contributed by atoms with Gasteiger partial charge in [0.1, 0.15) is 11.4 Å². The van der Waals surface area contributed by atoms with Crippen molar-refractivity contribution in [2.24, 2.45) is 5.92 Å². The number of rotatable bonds is 8. The van der Waals surface area contributed by atoms with Crippen LogP contribution in [0.4, 0.5) is 25.0 Å². The topological polar surface area (TPSA) is 152 Å². The summed E-state index contributed by atoms with van der Waals surface area (Å²) in [5, 5.41) is 39.5. The summed E-state index contributed by atoms with van der Waals surface area (Å²) in [5.41, 5.74) is 0.374. The average molecular weight is 540 g/mol. The highest BCUT2D eigenvalue weighted by Gasteiger charge is 2.34. The standard InChI is InChI=1S/C24H29F2N3O7.C2H6/c1-13(2)16-5-3-4-6-19(16)29(15-9-7-14(8-10-15)22(30)31)23(32)28-18-12-27-17(21(25)26)11-20(18)36-24(33,34)35;1-2/h3-6,11-15,21,33-35H,7-10H2,1-2H3,(H,28,32)(H,30,31);1-2H3. The molecule has 0 saturated heterocycles. The number of urea groups is 1. The molecule has 5 N–H and O–H groups in total. The first-order valence-electron chi connectivity index (χ1n) is 12.4. The number of aliphatic hydroxyl groups is 3. The highest BCUT2D eigenvalue weighted by atomic mass is 19.3. The largest absolute Gasteiger partial charge is 0.481 e. The average Bonchev–Trinajstić information content (AvgIpc) is 2.86. The van der Waals surface area contributed by atoms with Crippen molar-refractivity contribution in [3.05, 3.63) is 47.8 Å². The van der Waals surface area contributed by atoms with E-state index in [1.54, 1.807) is 12.1 Å². The number of carboxylic acid groups (broad SMARTS) is 1. The van der Waals surface area contributed by atoms with Gasteiger partial charge in [0.25, 0.3) is 6.43 Å². The number of carboxylic acids is 1. The highest BCUT2D eigenvalue weighted by molar-refractivity contribution is 6.03. The van der Waals surface area contributed by atoms with E-state index in [2.05, 4.69) is 15.0 Å². The van der Waals surface area contributed by atoms with Crippen LogP contribution in [-0.4, -0.2) is 49.6 Å². The molecule has 3 rings (SSSR count). The van der Waals surface area contributed by atoms with Crippen LogP contribution in [0, 0.1) is 5.92 Å². The fraction of sp³-hybridized carbons (Fsp3) is 0.500. The van der Waals surface area contributed by atoms with Gasteiger partial charge in [-0.1, -0.05) is 45.9 Å². The molecule has 1 saturated carbocycles. The molecule has 1 aliphatic carbocycles. The number of benzene rings is 1. The van der Waals surface area contributed by atoms with Gasteiger partial charge >= 0.3 is 18.2 Å². The number of halogens is 2. The minimum absolute atomic E-state index is 0.0385. The SMILES string of the molecule is CC.CC(C)c1ccccc1N(C(=O)Nc1cnc(C(F)F)cc1OC(O)(O)O)C1CCC(C(=O)O)CC1. The van der Waals surface area contributed by atoms with Gasteiger partial charge in [-0.25, -0.2) is 13.6 Å². The third-order valence-corrected chi connectivity index (χ3v) is 6.05. The molecule has 0 spiro atoms. The normalized spacial score (nSPS) is 17.4. The summed E-state index contributed by atoms with van der Waals surface area (Å²) < 4.78 is 30.8. The van der Waals surface area contributed by atoms with Gasteiger partial charge in [-0.05, 0) is 43.2 Å². The third-order valence-electron chi connectivity index (χ3n) is 6.05.